The number of nitrogens with one attached hydrogen (secondary N) is 1. The molecule has 0 saturated carbocycles. The Morgan fingerprint density at radius 3 is 2.27 bits per heavy atom. The van der Waals surface area contributed by atoms with Gasteiger partial charge < -0.3 is 25.4 Å². The molecule has 0 aromatic rings. The Labute approximate surface area is 150 Å². The lowest BCUT2D eigenvalue weighted by Gasteiger charge is -2.27. The summed E-state index contributed by atoms with van der Waals surface area (Å²) in [6, 6.07) is 0. The molecule has 1 aliphatic heterocycles. The highest BCUT2D eigenvalue weighted by atomic mass is 16.7. The molecule has 1 atom stereocenters. The first-order chi connectivity index (χ1) is 12.2. The van der Waals surface area contributed by atoms with Crippen molar-refractivity contribution in [1.82, 2.24) is 10.4 Å². The molecule has 1 heterocycles. The van der Waals surface area contributed by atoms with Crippen molar-refractivity contribution in [2.75, 3.05) is 19.8 Å². The smallest absolute Gasteiger partial charge is 0.407 e. The van der Waals surface area contributed by atoms with Gasteiger partial charge in [-0.1, -0.05) is 20.3 Å². The lowest BCUT2D eigenvalue weighted by molar-refractivity contribution is -0.196. The van der Waals surface area contributed by atoms with Crippen LogP contribution in [0.25, 0.3) is 0 Å². The van der Waals surface area contributed by atoms with Gasteiger partial charge in [0.25, 0.3) is 11.8 Å². The standard InChI is InChI=1S/C15H23N3O8/c1-3-6-15(2,8-24-13(16)22)9-25-14(23)17-7-12(21)26-18-10(19)4-5-11(18)20/h3-9H2,1-2H3,(H2,16,22)(H,17,23). The summed E-state index contributed by atoms with van der Waals surface area (Å²) >= 11 is 0. The van der Waals surface area contributed by atoms with Crippen LogP contribution in [0.3, 0.4) is 0 Å². The zero-order valence-corrected chi connectivity index (χ0v) is 14.7. The molecule has 11 heteroatoms. The molecule has 1 fully saturated rings. The maximum absolute atomic E-state index is 11.7. The van der Waals surface area contributed by atoms with E-state index < -0.39 is 41.9 Å². The van der Waals surface area contributed by atoms with Crippen LogP contribution in [0.1, 0.15) is 39.5 Å². The highest BCUT2D eigenvalue weighted by Gasteiger charge is 2.33. The molecule has 0 spiro atoms. The molecule has 0 aromatic heterocycles. The van der Waals surface area contributed by atoms with Crippen molar-refractivity contribution in [3.05, 3.63) is 0 Å². The molecule has 26 heavy (non-hydrogen) atoms. The van der Waals surface area contributed by atoms with Crippen LogP contribution in [0.4, 0.5) is 9.59 Å². The monoisotopic (exact) mass is 373 g/mol. The first kappa shape index (κ1) is 21.2. The van der Waals surface area contributed by atoms with E-state index in [0.717, 1.165) is 6.42 Å². The number of carbonyl (C=O) groups excluding carboxylic acids is 5. The van der Waals surface area contributed by atoms with Gasteiger partial charge in [0, 0.05) is 18.3 Å². The fourth-order valence-corrected chi connectivity index (χ4v) is 2.26. The van der Waals surface area contributed by atoms with Gasteiger partial charge in [0.15, 0.2) is 0 Å². The Morgan fingerprint density at radius 1 is 1.15 bits per heavy atom. The summed E-state index contributed by atoms with van der Waals surface area (Å²) in [5, 5.41) is 2.53. The van der Waals surface area contributed by atoms with Crippen LogP contribution in [0.2, 0.25) is 0 Å². The maximum atomic E-state index is 11.7. The van der Waals surface area contributed by atoms with E-state index in [2.05, 4.69) is 10.2 Å². The van der Waals surface area contributed by atoms with Crippen LogP contribution < -0.4 is 11.1 Å². The van der Waals surface area contributed by atoms with Gasteiger partial charge in [0.05, 0.1) is 0 Å². The minimum atomic E-state index is -0.987. The number of imide groups is 1. The van der Waals surface area contributed by atoms with Gasteiger partial charge in [-0.2, -0.15) is 0 Å². The molecule has 0 aliphatic carbocycles. The summed E-state index contributed by atoms with van der Waals surface area (Å²) in [7, 11) is 0. The van der Waals surface area contributed by atoms with Crippen LogP contribution in [-0.2, 0) is 28.7 Å². The molecule has 0 bridgehead atoms. The Hall–Kier alpha value is -2.85. The van der Waals surface area contributed by atoms with Crippen LogP contribution in [0, 0.1) is 5.41 Å². The number of alkyl carbamates (subject to hydrolysis) is 1. The Kier molecular flexibility index (Phi) is 7.81. The van der Waals surface area contributed by atoms with Crippen molar-refractivity contribution in [3.8, 4) is 0 Å². The topological polar surface area (TPSA) is 154 Å². The number of rotatable bonds is 9. The first-order valence-electron chi connectivity index (χ1n) is 8.06. The van der Waals surface area contributed by atoms with Gasteiger partial charge in [-0.25, -0.2) is 14.4 Å². The molecule has 1 saturated heterocycles. The molecular weight excluding hydrogens is 350 g/mol. The minimum Gasteiger partial charge on any atom is -0.449 e. The highest BCUT2D eigenvalue weighted by molar-refractivity contribution is 6.01. The van der Waals surface area contributed by atoms with E-state index in [1.165, 1.54) is 0 Å². The van der Waals surface area contributed by atoms with E-state index in [1.54, 1.807) is 6.92 Å². The third-order valence-corrected chi connectivity index (χ3v) is 3.54. The van der Waals surface area contributed by atoms with Crippen molar-refractivity contribution in [2.45, 2.75) is 39.5 Å². The van der Waals surface area contributed by atoms with Gasteiger partial charge in [0.1, 0.15) is 19.8 Å². The molecular formula is C15H23N3O8. The number of carbonyl (C=O) groups is 5. The van der Waals surface area contributed by atoms with Crippen LogP contribution in [-0.4, -0.2) is 54.8 Å². The summed E-state index contributed by atoms with van der Waals surface area (Å²) < 4.78 is 9.79. The van der Waals surface area contributed by atoms with E-state index in [4.69, 9.17) is 15.2 Å². The number of hydrogen-bond acceptors (Lipinski definition) is 8. The van der Waals surface area contributed by atoms with Crippen molar-refractivity contribution in [2.24, 2.45) is 11.1 Å². The number of nitrogens with zero attached hydrogens (tertiary/aromatic N) is 1. The van der Waals surface area contributed by atoms with Crippen LogP contribution in [0.5, 0.6) is 0 Å². The molecule has 1 rings (SSSR count). The maximum Gasteiger partial charge on any atom is 0.407 e. The predicted molar refractivity (Wildman–Crippen MR) is 85.1 cm³/mol. The second-order valence-corrected chi connectivity index (χ2v) is 6.14. The number of amides is 4. The van der Waals surface area contributed by atoms with Crippen LogP contribution in [0.15, 0.2) is 0 Å². The number of hydroxylamine groups is 2. The average molecular weight is 373 g/mol. The molecule has 3 N–H and O–H groups in total. The third-order valence-electron chi connectivity index (χ3n) is 3.54. The Bertz CT molecular complexity index is 563. The summed E-state index contributed by atoms with van der Waals surface area (Å²) in [6.07, 6.45) is -0.508. The van der Waals surface area contributed by atoms with E-state index in [9.17, 15) is 24.0 Å². The van der Waals surface area contributed by atoms with E-state index in [1.807, 2.05) is 6.92 Å². The fourth-order valence-electron chi connectivity index (χ4n) is 2.26. The molecule has 0 aromatic carbocycles. The molecule has 4 amide bonds. The van der Waals surface area contributed by atoms with Gasteiger partial charge >= 0.3 is 18.2 Å². The van der Waals surface area contributed by atoms with Crippen LogP contribution >= 0.6 is 0 Å². The van der Waals surface area contributed by atoms with Gasteiger partial charge in [0.2, 0.25) is 0 Å². The molecule has 146 valence electrons. The predicted octanol–water partition coefficient (Wildman–Crippen LogP) is 0.222. The minimum absolute atomic E-state index is 0.0228. The molecule has 11 nitrogen and oxygen atoms in total. The van der Waals surface area contributed by atoms with Crippen molar-refractivity contribution in [3.63, 3.8) is 0 Å². The Balaban J connectivity index is 2.37. The fraction of sp³-hybridized carbons (Fsp3) is 0.667. The summed E-state index contributed by atoms with van der Waals surface area (Å²) in [5.41, 5.74) is 4.31. The van der Waals surface area contributed by atoms with E-state index >= 15 is 0 Å². The Morgan fingerprint density at radius 2 is 1.73 bits per heavy atom. The lowest BCUT2D eigenvalue weighted by atomic mass is 9.87. The summed E-state index contributed by atoms with van der Waals surface area (Å²) in [5.74, 6) is -2.22. The molecule has 1 aliphatic rings. The van der Waals surface area contributed by atoms with E-state index in [-0.39, 0.29) is 26.1 Å². The second-order valence-electron chi connectivity index (χ2n) is 6.14. The molecule has 1 unspecified atom stereocenters. The van der Waals surface area contributed by atoms with Gasteiger partial charge in [-0.05, 0) is 6.42 Å². The second kappa shape index (κ2) is 9.59. The van der Waals surface area contributed by atoms with Crippen molar-refractivity contribution in [1.29, 1.82) is 0 Å². The van der Waals surface area contributed by atoms with E-state index in [0.29, 0.717) is 11.5 Å². The SMILES string of the molecule is CCCC(C)(COC(N)=O)COC(=O)NCC(=O)ON1C(=O)CCC1=O. The average Bonchev–Trinajstić information content (AvgIpc) is 2.89. The summed E-state index contributed by atoms with van der Waals surface area (Å²) in [6.45, 7) is 2.99. The number of hydrogen-bond donors (Lipinski definition) is 2. The van der Waals surface area contributed by atoms with Crippen molar-refractivity contribution >= 4 is 30.0 Å². The number of nitrogens with two attached hydrogens (primary N) is 1. The third kappa shape index (κ3) is 6.95. The first-order valence-corrected chi connectivity index (χ1v) is 8.06. The number of primary amides is 1. The number of ether oxygens (including phenoxy) is 2. The van der Waals surface area contributed by atoms with Crippen molar-refractivity contribution < 1.29 is 38.3 Å². The quantitative estimate of drug-likeness (QED) is 0.544. The normalized spacial score (nSPS) is 16.0. The zero-order valence-electron chi connectivity index (χ0n) is 14.7. The zero-order chi connectivity index (χ0) is 19.7. The van der Waals surface area contributed by atoms with Gasteiger partial charge in [-0.15, -0.1) is 5.06 Å². The molecule has 0 radical (unpaired) electrons. The largest absolute Gasteiger partial charge is 0.449 e. The lowest BCUT2D eigenvalue weighted by Crippen LogP contribution is -2.39. The highest BCUT2D eigenvalue weighted by Crippen LogP contribution is 2.24. The van der Waals surface area contributed by atoms with Gasteiger partial charge in [-0.3, -0.25) is 9.59 Å². The summed E-state index contributed by atoms with van der Waals surface area (Å²) in [4.78, 5) is 61.2.